The number of carbonyl (C=O) groups is 1. The maximum absolute atomic E-state index is 11.3. The second kappa shape index (κ2) is 7.20. The van der Waals surface area contributed by atoms with Crippen molar-refractivity contribution in [3.8, 4) is 5.75 Å². The second-order valence-electron chi connectivity index (χ2n) is 6.99. The average molecular weight is 340 g/mol. The SMILES string of the molecule is CCC(=O)Oc1ccc(C[N+]2(C)C3CCC2CC(O)C3)cc1.[Cl-]. The molecule has 0 spiro atoms. The summed E-state index contributed by atoms with van der Waals surface area (Å²) in [6, 6.07) is 9.04. The van der Waals surface area contributed by atoms with E-state index in [1.807, 2.05) is 12.1 Å². The Morgan fingerprint density at radius 3 is 2.30 bits per heavy atom. The number of quaternary nitrogens is 1. The van der Waals surface area contributed by atoms with Gasteiger partial charge in [-0.2, -0.15) is 0 Å². The Morgan fingerprint density at radius 1 is 1.22 bits per heavy atom. The molecule has 5 heteroatoms. The first-order valence-electron chi connectivity index (χ1n) is 8.34. The van der Waals surface area contributed by atoms with E-state index in [4.69, 9.17) is 4.74 Å². The van der Waals surface area contributed by atoms with Gasteiger partial charge in [-0.3, -0.25) is 4.79 Å². The van der Waals surface area contributed by atoms with Crippen LogP contribution in [0.15, 0.2) is 24.3 Å². The molecule has 0 aromatic heterocycles. The molecule has 0 radical (unpaired) electrons. The van der Waals surface area contributed by atoms with Gasteiger partial charge in [0.05, 0.1) is 25.2 Å². The molecule has 2 atom stereocenters. The third-order valence-corrected chi connectivity index (χ3v) is 5.56. The fourth-order valence-corrected chi connectivity index (χ4v) is 4.23. The van der Waals surface area contributed by atoms with E-state index < -0.39 is 0 Å². The summed E-state index contributed by atoms with van der Waals surface area (Å²) in [6.07, 6.45) is 4.59. The van der Waals surface area contributed by atoms with Crippen molar-refractivity contribution in [1.82, 2.24) is 0 Å². The number of rotatable bonds is 4. The number of nitrogens with zero attached hydrogens (tertiary/aromatic N) is 1. The number of hydrogen-bond acceptors (Lipinski definition) is 3. The van der Waals surface area contributed by atoms with E-state index in [0.717, 1.165) is 23.9 Å². The summed E-state index contributed by atoms with van der Waals surface area (Å²) in [5.41, 5.74) is 1.27. The maximum Gasteiger partial charge on any atom is 0.310 e. The molecular formula is C18H26ClNO3. The third kappa shape index (κ3) is 3.70. The van der Waals surface area contributed by atoms with Gasteiger partial charge in [-0.05, 0) is 24.3 Å². The summed E-state index contributed by atoms with van der Waals surface area (Å²) in [7, 11) is 2.33. The Bertz CT molecular complexity index is 532. The minimum atomic E-state index is -0.199. The predicted octanol–water partition coefficient (Wildman–Crippen LogP) is -0.362. The number of halogens is 1. The number of carbonyl (C=O) groups excluding carboxylic acids is 1. The van der Waals surface area contributed by atoms with Gasteiger partial charge in [0, 0.05) is 37.7 Å². The molecule has 0 aliphatic carbocycles. The molecule has 1 aromatic rings. The normalized spacial score (nSPS) is 32.2. The first kappa shape index (κ1) is 18.2. The summed E-state index contributed by atoms with van der Waals surface area (Å²) < 4.78 is 6.27. The molecule has 0 saturated carbocycles. The minimum absolute atomic E-state index is 0. The zero-order valence-corrected chi connectivity index (χ0v) is 14.6. The van der Waals surface area contributed by atoms with E-state index in [9.17, 15) is 9.90 Å². The van der Waals surface area contributed by atoms with Gasteiger partial charge in [-0.1, -0.05) is 6.92 Å². The molecular weight excluding hydrogens is 314 g/mol. The number of piperidine rings is 1. The average Bonchev–Trinajstić information content (AvgIpc) is 2.67. The van der Waals surface area contributed by atoms with Crippen LogP contribution in [0, 0.1) is 0 Å². The summed E-state index contributed by atoms with van der Waals surface area (Å²) in [5.74, 6) is 0.421. The number of aliphatic hydroxyl groups is 1. The minimum Gasteiger partial charge on any atom is -1.00 e. The lowest BCUT2D eigenvalue weighted by atomic mass is 9.96. The molecule has 2 fully saturated rings. The van der Waals surface area contributed by atoms with Crippen molar-refractivity contribution in [3.05, 3.63) is 29.8 Å². The summed E-state index contributed by atoms with van der Waals surface area (Å²) in [6.45, 7) is 2.78. The van der Waals surface area contributed by atoms with Crippen LogP contribution in [0.3, 0.4) is 0 Å². The molecule has 1 N–H and O–H groups in total. The molecule has 2 aliphatic rings. The van der Waals surface area contributed by atoms with Crippen LogP contribution < -0.4 is 17.1 Å². The Labute approximate surface area is 144 Å². The smallest absolute Gasteiger partial charge is 0.310 e. The molecule has 0 amide bonds. The fraction of sp³-hybridized carbons (Fsp3) is 0.611. The van der Waals surface area contributed by atoms with Crippen molar-refractivity contribution in [2.75, 3.05) is 7.05 Å². The van der Waals surface area contributed by atoms with Gasteiger partial charge in [0.1, 0.15) is 12.3 Å². The molecule has 2 saturated heterocycles. The van der Waals surface area contributed by atoms with E-state index in [0.29, 0.717) is 24.3 Å². The van der Waals surface area contributed by atoms with E-state index in [2.05, 4.69) is 19.2 Å². The number of ether oxygens (including phenoxy) is 1. The lowest BCUT2D eigenvalue weighted by Gasteiger charge is -2.46. The van der Waals surface area contributed by atoms with Gasteiger partial charge < -0.3 is 26.7 Å². The summed E-state index contributed by atoms with van der Waals surface area (Å²) in [5, 5.41) is 9.97. The van der Waals surface area contributed by atoms with Gasteiger partial charge in [-0.25, -0.2) is 0 Å². The van der Waals surface area contributed by atoms with Crippen LogP contribution in [0.25, 0.3) is 0 Å². The van der Waals surface area contributed by atoms with E-state index in [1.165, 1.54) is 18.4 Å². The lowest BCUT2D eigenvalue weighted by Crippen LogP contribution is -3.00. The van der Waals surface area contributed by atoms with Crippen LogP contribution in [0.1, 0.15) is 44.6 Å². The number of aliphatic hydroxyl groups excluding tert-OH is 1. The van der Waals surface area contributed by atoms with Crippen molar-refractivity contribution >= 4 is 5.97 Å². The van der Waals surface area contributed by atoms with E-state index >= 15 is 0 Å². The summed E-state index contributed by atoms with van der Waals surface area (Å²) >= 11 is 0. The highest BCUT2D eigenvalue weighted by Gasteiger charge is 2.50. The van der Waals surface area contributed by atoms with Crippen molar-refractivity contribution in [1.29, 1.82) is 0 Å². The number of hydrogen-bond donors (Lipinski definition) is 1. The fourth-order valence-electron chi connectivity index (χ4n) is 4.23. The van der Waals surface area contributed by atoms with Crippen LogP contribution >= 0.6 is 0 Å². The monoisotopic (exact) mass is 339 g/mol. The Balaban J connectivity index is 0.00000192. The van der Waals surface area contributed by atoms with E-state index in [1.54, 1.807) is 6.92 Å². The predicted molar refractivity (Wildman–Crippen MR) is 84.3 cm³/mol. The van der Waals surface area contributed by atoms with Gasteiger partial charge in [0.25, 0.3) is 0 Å². The molecule has 2 bridgehead atoms. The Kier molecular flexibility index (Phi) is 5.71. The first-order valence-corrected chi connectivity index (χ1v) is 8.34. The molecule has 23 heavy (non-hydrogen) atoms. The lowest BCUT2D eigenvalue weighted by molar-refractivity contribution is -0.961. The zero-order valence-electron chi connectivity index (χ0n) is 13.9. The standard InChI is InChI=1S/C18H26NO3.ClH/c1-3-18(21)22-17-8-4-13(5-9-17)12-19(2)14-6-7-15(19)11-16(20)10-14;/h4-5,8-9,14-16,20H,3,6-7,10-12H2,1-2H3;1H/q+1;/p-1. The van der Waals surface area contributed by atoms with Gasteiger partial charge in [-0.15, -0.1) is 0 Å². The van der Waals surface area contributed by atoms with Crippen LogP contribution in [-0.2, 0) is 11.3 Å². The van der Waals surface area contributed by atoms with Gasteiger partial charge >= 0.3 is 5.97 Å². The zero-order chi connectivity index (χ0) is 15.7. The van der Waals surface area contributed by atoms with Crippen molar-refractivity contribution < 1.29 is 31.5 Å². The van der Waals surface area contributed by atoms with Gasteiger partial charge in [0.2, 0.25) is 0 Å². The van der Waals surface area contributed by atoms with E-state index in [-0.39, 0.29) is 24.5 Å². The molecule has 3 rings (SSSR count). The second-order valence-corrected chi connectivity index (χ2v) is 6.99. The molecule has 2 heterocycles. The van der Waals surface area contributed by atoms with Crippen molar-refractivity contribution in [2.45, 2.75) is 63.8 Å². The summed E-state index contributed by atoms with van der Waals surface area (Å²) in [4.78, 5) is 11.3. The molecule has 4 nitrogen and oxygen atoms in total. The van der Waals surface area contributed by atoms with Crippen molar-refractivity contribution in [3.63, 3.8) is 0 Å². The van der Waals surface area contributed by atoms with Crippen LogP contribution in [-0.4, -0.2) is 40.8 Å². The highest BCUT2D eigenvalue weighted by Crippen LogP contribution is 2.42. The topological polar surface area (TPSA) is 46.5 Å². The number of esters is 1. The van der Waals surface area contributed by atoms with Crippen LogP contribution in [0.5, 0.6) is 5.75 Å². The van der Waals surface area contributed by atoms with Crippen LogP contribution in [0.4, 0.5) is 0 Å². The highest BCUT2D eigenvalue weighted by molar-refractivity contribution is 5.71. The Morgan fingerprint density at radius 2 is 1.78 bits per heavy atom. The molecule has 2 aliphatic heterocycles. The number of benzene rings is 1. The van der Waals surface area contributed by atoms with Crippen LogP contribution in [0.2, 0.25) is 0 Å². The number of fused-ring (bicyclic) bond motifs is 2. The highest BCUT2D eigenvalue weighted by atomic mass is 35.5. The Hall–Kier alpha value is -1.10. The molecule has 128 valence electrons. The molecule has 1 aromatic carbocycles. The molecule has 2 unspecified atom stereocenters. The first-order chi connectivity index (χ1) is 10.5. The quantitative estimate of drug-likeness (QED) is 0.463. The maximum atomic E-state index is 11.3. The third-order valence-electron chi connectivity index (χ3n) is 5.56. The van der Waals surface area contributed by atoms with Crippen molar-refractivity contribution in [2.24, 2.45) is 0 Å². The largest absolute Gasteiger partial charge is 1.00 e. The van der Waals surface area contributed by atoms with Gasteiger partial charge in [0.15, 0.2) is 0 Å².